The quantitative estimate of drug-likeness (QED) is 0.789. The summed E-state index contributed by atoms with van der Waals surface area (Å²) >= 11 is 0. The van der Waals surface area contributed by atoms with Crippen LogP contribution in [0.25, 0.3) is 0 Å². The summed E-state index contributed by atoms with van der Waals surface area (Å²) in [6.45, 7) is 0. The predicted molar refractivity (Wildman–Crippen MR) is 51.1 cm³/mol. The molecule has 1 N–H and O–H groups in total. The summed E-state index contributed by atoms with van der Waals surface area (Å²) in [7, 11) is 1.56. The fourth-order valence-electron chi connectivity index (χ4n) is 1.94. The lowest BCUT2D eigenvalue weighted by Gasteiger charge is -1.96. The van der Waals surface area contributed by atoms with Gasteiger partial charge in [-0.05, 0) is 5.56 Å². The van der Waals surface area contributed by atoms with Crippen molar-refractivity contribution >= 4 is 5.97 Å². The van der Waals surface area contributed by atoms with Crippen LogP contribution in [0.1, 0.15) is 11.5 Å². The molecule has 0 saturated heterocycles. The minimum atomic E-state index is -0.772. The van der Waals surface area contributed by atoms with E-state index in [-0.39, 0.29) is 17.9 Å². The number of rotatable bonds is 3. The molecule has 3 atom stereocenters. The molecule has 0 aromatic heterocycles. The topological polar surface area (TPSA) is 46.5 Å². The SMILES string of the molecule is COC1C(C(=O)O)C1c1ccccc1. The zero-order chi connectivity index (χ0) is 10.1. The molecule has 0 spiro atoms. The first-order valence-electron chi connectivity index (χ1n) is 4.56. The smallest absolute Gasteiger partial charge is 0.309 e. The van der Waals surface area contributed by atoms with Crippen molar-refractivity contribution in [3.63, 3.8) is 0 Å². The van der Waals surface area contributed by atoms with E-state index in [1.165, 1.54) is 0 Å². The Morgan fingerprint density at radius 1 is 1.36 bits per heavy atom. The highest BCUT2D eigenvalue weighted by Gasteiger charge is 2.56. The van der Waals surface area contributed by atoms with Crippen molar-refractivity contribution in [2.24, 2.45) is 5.92 Å². The molecule has 0 aliphatic heterocycles. The van der Waals surface area contributed by atoms with Gasteiger partial charge >= 0.3 is 5.97 Å². The molecule has 3 heteroatoms. The molecule has 3 unspecified atom stereocenters. The maximum absolute atomic E-state index is 10.8. The van der Waals surface area contributed by atoms with E-state index in [0.717, 1.165) is 5.56 Å². The van der Waals surface area contributed by atoms with E-state index >= 15 is 0 Å². The summed E-state index contributed by atoms with van der Waals surface area (Å²) in [6.07, 6.45) is -0.158. The van der Waals surface area contributed by atoms with Gasteiger partial charge in [0.1, 0.15) is 0 Å². The van der Waals surface area contributed by atoms with Gasteiger partial charge in [0.2, 0.25) is 0 Å². The molecule has 1 aromatic carbocycles. The lowest BCUT2D eigenvalue weighted by Crippen LogP contribution is -2.02. The second-order valence-corrected chi connectivity index (χ2v) is 3.50. The number of carbonyl (C=O) groups is 1. The van der Waals surface area contributed by atoms with E-state index in [1.54, 1.807) is 7.11 Å². The average molecular weight is 192 g/mol. The molecule has 0 radical (unpaired) electrons. The third kappa shape index (κ3) is 1.40. The van der Waals surface area contributed by atoms with Crippen molar-refractivity contribution in [1.29, 1.82) is 0 Å². The van der Waals surface area contributed by atoms with Crippen LogP contribution in [0, 0.1) is 5.92 Å². The fourth-order valence-corrected chi connectivity index (χ4v) is 1.94. The van der Waals surface area contributed by atoms with Crippen LogP contribution in [0.2, 0.25) is 0 Å². The van der Waals surface area contributed by atoms with Crippen LogP contribution in [-0.2, 0) is 9.53 Å². The number of methoxy groups -OCH3 is 1. The Morgan fingerprint density at radius 3 is 2.43 bits per heavy atom. The number of aliphatic carboxylic acids is 1. The van der Waals surface area contributed by atoms with E-state index in [4.69, 9.17) is 9.84 Å². The monoisotopic (exact) mass is 192 g/mol. The molecule has 0 bridgehead atoms. The molecule has 14 heavy (non-hydrogen) atoms. The Morgan fingerprint density at radius 2 is 2.00 bits per heavy atom. The number of carboxylic acids is 1. The number of hydrogen-bond acceptors (Lipinski definition) is 2. The molecule has 1 aromatic rings. The van der Waals surface area contributed by atoms with Crippen LogP contribution in [-0.4, -0.2) is 24.3 Å². The van der Waals surface area contributed by atoms with E-state index in [1.807, 2.05) is 30.3 Å². The first kappa shape index (κ1) is 9.21. The predicted octanol–water partition coefficient (Wildman–Crippen LogP) is 1.50. The largest absolute Gasteiger partial charge is 0.481 e. The highest BCUT2D eigenvalue weighted by molar-refractivity contribution is 5.77. The highest BCUT2D eigenvalue weighted by Crippen LogP contribution is 2.49. The van der Waals surface area contributed by atoms with Gasteiger partial charge in [0.05, 0.1) is 12.0 Å². The summed E-state index contributed by atoms with van der Waals surface area (Å²) in [4.78, 5) is 10.8. The lowest BCUT2D eigenvalue weighted by atomic mass is 10.1. The van der Waals surface area contributed by atoms with Gasteiger partial charge in [-0.2, -0.15) is 0 Å². The number of ether oxygens (including phenoxy) is 1. The highest BCUT2D eigenvalue weighted by atomic mass is 16.5. The first-order chi connectivity index (χ1) is 6.75. The van der Waals surface area contributed by atoms with Crippen molar-refractivity contribution < 1.29 is 14.6 Å². The van der Waals surface area contributed by atoms with Crippen LogP contribution < -0.4 is 0 Å². The van der Waals surface area contributed by atoms with Gasteiger partial charge in [-0.3, -0.25) is 4.79 Å². The standard InChI is InChI=1S/C11H12O3/c1-14-10-8(9(10)11(12)13)7-5-3-2-4-6-7/h2-6,8-10H,1H3,(H,12,13). The number of benzene rings is 1. The Labute approximate surface area is 82.3 Å². The second kappa shape index (κ2) is 3.42. The summed E-state index contributed by atoms with van der Waals surface area (Å²) in [6, 6.07) is 9.64. The maximum atomic E-state index is 10.8. The molecule has 2 rings (SSSR count). The van der Waals surface area contributed by atoms with Crippen molar-refractivity contribution in [3.8, 4) is 0 Å². The Kier molecular flexibility index (Phi) is 2.25. The van der Waals surface area contributed by atoms with Crippen LogP contribution in [0.4, 0.5) is 0 Å². The molecular formula is C11H12O3. The van der Waals surface area contributed by atoms with Gasteiger partial charge in [0.15, 0.2) is 0 Å². The zero-order valence-corrected chi connectivity index (χ0v) is 7.88. The summed E-state index contributed by atoms with van der Waals surface area (Å²) in [5, 5.41) is 8.91. The fraction of sp³-hybridized carbons (Fsp3) is 0.364. The van der Waals surface area contributed by atoms with Crippen LogP contribution in [0.5, 0.6) is 0 Å². The molecule has 1 aliphatic rings. The van der Waals surface area contributed by atoms with E-state index in [9.17, 15) is 4.79 Å². The van der Waals surface area contributed by atoms with Crippen LogP contribution in [0.15, 0.2) is 30.3 Å². The summed E-state index contributed by atoms with van der Waals surface area (Å²) in [5.41, 5.74) is 1.05. The van der Waals surface area contributed by atoms with Gasteiger partial charge in [0, 0.05) is 13.0 Å². The molecule has 1 saturated carbocycles. The third-order valence-electron chi connectivity index (χ3n) is 2.70. The zero-order valence-electron chi connectivity index (χ0n) is 7.88. The molecule has 1 aliphatic carbocycles. The minimum Gasteiger partial charge on any atom is -0.481 e. The minimum absolute atomic E-state index is 0.0266. The molecule has 3 nitrogen and oxygen atoms in total. The summed E-state index contributed by atoms with van der Waals surface area (Å²) < 4.78 is 5.12. The Balaban J connectivity index is 2.18. The number of hydrogen-bond donors (Lipinski definition) is 1. The summed E-state index contributed by atoms with van der Waals surface area (Å²) in [5.74, 6) is -1.12. The van der Waals surface area contributed by atoms with E-state index in [0.29, 0.717) is 0 Å². The average Bonchev–Trinajstić information content (AvgIpc) is 2.93. The van der Waals surface area contributed by atoms with E-state index in [2.05, 4.69) is 0 Å². The van der Waals surface area contributed by atoms with Crippen molar-refractivity contribution in [2.45, 2.75) is 12.0 Å². The number of carboxylic acid groups (broad SMARTS) is 1. The van der Waals surface area contributed by atoms with Crippen molar-refractivity contribution in [3.05, 3.63) is 35.9 Å². The lowest BCUT2D eigenvalue weighted by molar-refractivity contribution is -0.139. The van der Waals surface area contributed by atoms with Gasteiger partial charge in [-0.15, -0.1) is 0 Å². The van der Waals surface area contributed by atoms with Crippen molar-refractivity contribution in [2.75, 3.05) is 7.11 Å². The van der Waals surface area contributed by atoms with Gasteiger partial charge < -0.3 is 9.84 Å². The van der Waals surface area contributed by atoms with Crippen molar-refractivity contribution in [1.82, 2.24) is 0 Å². The second-order valence-electron chi connectivity index (χ2n) is 3.50. The van der Waals surface area contributed by atoms with Gasteiger partial charge in [-0.25, -0.2) is 0 Å². The molecule has 0 heterocycles. The van der Waals surface area contributed by atoms with Gasteiger partial charge in [0.25, 0.3) is 0 Å². The van der Waals surface area contributed by atoms with Crippen LogP contribution in [0.3, 0.4) is 0 Å². The normalized spacial score (nSPS) is 29.9. The van der Waals surface area contributed by atoms with Crippen LogP contribution >= 0.6 is 0 Å². The molecular weight excluding hydrogens is 180 g/mol. The van der Waals surface area contributed by atoms with Gasteiger partial charge in [-0.1, -0.05) is 30.3 Å². The maximum Gasteiger partial charge on any atom is 0.309 e. The first-order valence-corrected chi connectivity index (χ1v) is 4.56. The third-order valence-corrected chi connectivity index (χ3v) is 2.70. The Bertz CT molecular complexity index is 334. The molecule has 74 valence electrons. The molecule has 1 fully saturated rings. The molecule has 0 amide bonds. The Hall–Kier alpha value is -1.35. The van der Waals surface area contributed by atoms with E-state index < -0.39 is 5.97 Å².